The zero-order valence-electron chi connectivity index (χ0n) is 14.2. The van der Waals surface area contributed by atoms with Crippen molar-refractivity contribution in [1.29, 1.82) is 0 Å². The van der Waals surface area contributed by atoms with Crippen LogP contribution < -0.4 is 14.2 Å². The summed E-state index contributed by atoms with van der Waals surface area (Å²) in [6.07, 6.45) is 0.722. The van der Waals surface area contributed by atoms with E-state index >= 15 is 0 Å². The van der Waals surface area contributed by atoms with Crippen LogP contribution in [-0.4, -0.2) is 25.4 Å². The van der Waals surface area contributed by atoms with E-state index in [1.165, 1.54) is 20.4 Å². The van der Waals surface area contributed by atoms with Gasteiger partial charge in [-0.25, -0.2) is 4.79 Å². The highest BCUT2D eigenvalue weighted by molar-refractivity contribution is 9.10. The number of hydrogen-bond donors (Lipinski definition) is 0. The number of carbonyl (C=O) groups is 1. The lowest BCUT2D eigenvalue weighted by Gasteiger charge is -2.14. The van der Waals surface area contributed by atoms with Crippen LogP contribution in [0.3, 0.4) is 0 Å². The Labute approximate surface area is 158 Å². The average molecular weight is 418 g/mol. The van der Waals surface area contributed by atoms with Crippen LogP contribution in [0.1, 0.15) is 5.56 Å². The van der Waals surface area contributed by atoms with Crippen molar-refractivity contribution < 1.29 is 23.7 Å². The summed E-state index contributed by atoms with van der Waals surface area (Å²) in [6, 6.07) is 12.7. The molecule has 0 radical (unpaired) electrons. The van der Waals surface area contributed by atoms with Gasteiger partial charge in [0.2, 0.25) is 0 Å². The molecule has 0 aliphatic heterocycles. The second kappa shape index (κ2) is 8.05. The molecule has 1 aromatic heterocycles. The molecule has 0 fully saturated rings. The molecule has 1 heterocycles. The van der Waals surface area contributed by atoms with Crippen molar-refractivity contribution in [2.24, 2.45) is 0 Å². The Kier molecular flexibility index (Phi) is 5.58. The van der Waals surface area contributed by atoms with E-state index in [4.69, 9.17) is 18.9 Å². The Morgan fingerprint density at radius 3 is 2.54 bits per heavy atom. The van der Waals surface area contributed by atoms with Crippen LogP contribution in [0.4, 0.5) is 4.79 Å². The third kappa shape index (κ3) is 3.72. The molecule has 7 heteroatoms. The van der Waals surface area contributed by atoms with Crippen molar-refractivity contribution in [2.75, 3.05) is 14.2 Å². The summed E-state index contributed by atoms with van der Waals surface area (Å²) < 4.78 is 21.9. The monoisotopic (exact) mass is 417 g/mol. The minimum absolute atomic E-state index is 0.126. The first-order valence-corrected chi connectivity index (χ1v) is 8.51. The average Bonchev–Trinajstić information content (AvgIpc) is 2.67. The molecule has 3 aromatic rings. The molecule has 0 amide bonds. The summed E-state index contributed by atoms with van der Waals surface area (Å²) in [5, 5.41) is 0.585. The second-order valence-electron chi connectivity index (χ2n) is 5.25. The van der Waals surface area contributed by atoms with Gasteiger partial charge in [0.15, 0.2) is 11.5 Å². The molecule has 0 aliphatic rings. The lowest BCUT2D eigenvalue weighted by molar-refractivity contribution is 0.0932. The number of fused-ring (bicyclic) bond motifs is 1. The number of nitrogens with zero attached hydrogens (tertiary/aromatic N) is 1. The third-order valence-electron chi connectivity index (χ3n) is 3.67. The van der Waals surface area contributed by atoms with Gasteiger partial charge < -0.3 is 18.9 Å². The third-order valence-corrected chi connectivity index (χ3v) is 4.29. The lowest BCUT2D eigenvalue weighted by Crippen LogP contribution is -2.11. The normalized spacial score (nSPS) is 10.4. The summed E-state index contributed by atoms with van der Waals surface area (Å²) in [7, 11) is 3.06. The summed E-state index contributed by atoms with van der Waals surface area (Å²) in [5.74, 6) is 1.28. The quantitative estimate of drug-likeness (QED) is 0.559. The second-order valence-corrected chi connectivity index (χ2v) is 6.11. The van der Waals surface area contributed by atoms with Crippen molar-refractivity contribution >= 4 is 33.0 Å². The van der Waals surface area contributed by atoms with E-state index < -0.39 is 6.16 Å². The van der Waals surface area contributed by atoms with E-state index in [0.717, 1.165) is 5.56 Å². The summed E-state index contributed by atoms with van der Waals surface area (Å²) in [6.45, 7) is 0.126. The van der Waals surface area contributed by atoms with Crippen molar-refractivity contribution in [3.8, 4) is 17.2 Å². The van der Waals surface area contributed by atoms with Crippen LogP contribution in [0, 0.1) is 0 Å². The van der Waals surface area contributed by atoms with Crippen molar-refractivity contribution in [1.82, 2.24) is 4.98 Å². The van der Waals surface area contributed by atoms with Crippen LogP contribution in [-0.2, 0) is 11.3 Å². The molecule has 0 aliphatic carbocycles. The molecule has 0 saturated carbocycles. The number of ether oxygens (including phenoxy) is 4. The Bertz CT molecular complexity index is 930. The van der Waals surface area contributed by atoms with Crippen LogP contribution in [0.5, 0.6) is 17.2 Å². The van der Waals surface area contributed by atoms with E-state index in [2.05, 4.69) is 20.9 Å². The molecule has 2 aromatic carbocycles. The highest BCUT2D eigenvalue weighted by Gasteiger charge is 2.19. The number of methoxy groups -OCH3 is 2. The summed E-state index contributed by atoms with van der Waals surface area (Å²) in [5.41, 5.74) is 1.38. The lowest BCUT2D eigenvalue weighted by atomic mass is 10.1. The Morgan fingerprint density at radius 2 is 1.85 bits per heavy atom. The maximum absolute atomic E-state index is 12.1. The number of hydrogen-bond acceptors (Lipinski definition) is 6. The van der Waals surface area contributed by atoms with E-state index in [1.807, 2.05) is 30.3 Å². The van der Waals surface area contributed by atoms with Crippen LogP contribution in [0.25, 0.3) is 10.9 Å². The zero-order valence-corrected chi connectivity index (χ0v) is 15.8. The zero-order chi connectivity index (χ0) is 18.5. The number of halogens is 1. The van der Waals surface area contributed by atoms with Crippen LogP contribution in [0.2, 0.25) is 0 Å². The fourth-order valence-corrected chi connectivity index (χ4v) is 3.08. The van der Waals surface area contributed by atoms with E-state index in [9.17, 15) is 4.79 Å². The fourth-order valence-electron chi connectivity index (χ4n) is 2.49. The standard InChI is InChI=1S/C19H16BrNO5/c1-23-15-10-13(20)16-14(8-9-21-17(16)18(15)24-2)26-19(22)25-11-12-6-4-3-5-7-12/h3-10H,11H2,1-2H3. The van der Waals surface area contributed by atoms with E-state index in [-0.39, 0.29) is 6.61 Å². The Balaban J connectivity index is 1.87. The van der Waals surface area contributed by atoms with Gasteiger partial charge >= 0.3 is 6.16 Å². The molecule has 0 bridgehead atoms. The largest absolute Gasteiger partial charge is 0.514 e. The van der Waals surface area contributed by atoms with Gasteiger partial charge in [-0.15, -0.1) is 0 Å². The topological polar surface area (TPSA) is 66.9 Å². The highest BCUT2D eigenvalue weighted by atomic mass is 79.9. The molecule has 0 atom stereocenters. The molecular weight excluding hydrogens is 402 g/mol. The molecule has 0 unspecified atom stereocenters. The van der Waals surface area contributed by atoms with Gasteiger partial charge in [-0.1, -0.05) is 30.3 Å². The predicted molar refractivity (Wildman–Crippen MR) is 99.8 cm³/mol. The maximum atomic E-state index is 12.1. The molecule has 134 valence electrons. The molecule has 0 saturated heterocycles. The smallest absolute Gasteiger partial charge is 0.493 e. The number of rotatable bonds is 5. The Morgan fingerprint density at radius 1 is 1.08 bits per heavy atom. The predicted octanol–water partition coefficient (Wildman–Crippen LogP) is 4.73. The number of carbonyl (C=O) groups excluding carboxylic acids is 1. The van der Waals surface area contributed by atoms with Gasteiger partial charge in [0, 0.05) is 16.7 Å². The summed E-state index contributed by atoms with van der Waals surface area (Å²) >= 11 is 3.46. The maximum Gasteiger partial charge on any atom is 0.514 e. The first-order valence-electron chi connectivity index (χ1n) is 7.71. The van der Waals surface area contributed by atoms with Crippen LogP contribution in [0.15, 0.2) is 53.1 Å². The van der Waals surface area contributed by atoms with Crippen molar-refractivity contribution in [3.05, 3.63) is 58.7 Å². The van der Waals surface area contributed by atoms with Gasteiger partial charge in [0.25, 0.3) is 0 Å². The molecule has 26 heavy (non-hydrogen) atoms. The molecule has 6 nitrogen and oxygen atoms in total. The van der Waals surface area contributed by atoms with Gasteiger partial charge in [0.05, 0.1) is 19.6 Å². The summed E-state index contributed by atoms with van der Waals surface area (Å²) in [4.78, 5) is 16.4. The first-order chi connectivity index (χ1) is 12.6. The minimum atomic E-state index is -0.803. The van der Waals surface area contributed by atoms with E-state index in [1.54, 1.807) is 12.1 Å². The molecule has 0 spiro atoms. The Hall–Kier alpha value is -2.80. The number of pyridine rings is 1. The van der Waals surface area contributed by atoms with Gasteiger partial charge in [-0.05, 0) is 27.6 Å². The van der Waals surface area contributed by atoms with Crippen molar-refractivity contribution in [3.63, 3.8) is 0 Å². The minimum Gasteiger partial charge on any atom is -0.493 e. The fraction of sp³-hybridized carbons (Fsp3) is 0.158. The SMILES string of the molecule is COc1cc(Br)c2c(OC(=O)OCc3ccccc3)ccnc2c1OC. The first kappa shape index (κ1) is 18.0. The number of benzene rings is 2. The highest BCUT2D eigenvalue weighted by Crippen LogP contribution is 2.42. The molecule has 3 rings (SSSR count). The van der Waals surface area contributed by atoms with E-state index in [0.29, 0.717) is 32.6 Å². The van der Waals surface area contributed by atoms with Crippen molar-refractivity contribution in [2.45, 2.75) is 6.61 Å². The van der Waals surface area contributed by atoms with Crippen LogP contribution >= 0.6 is 15.9 Å². The van der Waals surface area contributed by atoms with Gasteiger partial charge in [0.1, 0.15) is 17.9 Å². The van der Waals surface area contributed by atoms with Gasteiger partial charge in [-0.3, -0.25) is 4.98 Å². The number of aromatic nitrogens is 1. The molecular formula is C19H16BrNO5. The molecule has 0 N–H and O–H groups in total. The van der Waals surface area contributed by atoms with Gasteiger partial charge in [-0.2, -0.15) is 0 Å².